The van der Waals surface area contributed by atoms with Crippen molar-refractivity contribution in [2.45, 2.75) is 104 Å². The number of ether oxygens (including phenoxy) is 2. The van der Waals surface area contributed by atoms with Gasteiger partial charge in [-0.15, -0.1) is 0 Å². The second-order valence-electron chi connectivity index (χ2n) is 12.2. The second kappa shape index (κ2) is 22.6. The summed E-state index contributed by atoms with van der Waals surface area (Å²) in [5.41, 5.74) is 8.80. The summed E-state index contributed by atoms with van der Waals surface area (Å²) < 4.78 is 47.6. The molecule has 0 fully saturated rings. The van der Waals surface area contributed by atoms with Crippen LogP contribution < -0.4 is 11.1 Å². The molecular weight excluding hydrogens is 652 g/mol. The van der Waals surface area contributed by atoms with E-state index >= 15 is 0 Å². The number of hydrogen-bond acceptors (Lipinski definition) is 9. The summed E-state index contributed by atoms with van der Waals surface area (Å²) in [5.74, 6) is -0.984. The van der Waals surface area contributed by atoms with Crippen LogP contribution in [0.1, 0.15) is 79.6 Å². The van der Waals surface area contributed by atoms with Crippen LogP contribution in [0.15, 0.2) is 95.8 Å². The smallest absolute Gasteiger partial charge is 0.404 e. The molecule has 13 heteroatoms. The summed E-state index contributed by atoms with van der Waals surface area (Å²) in [6.07, 6.45) is 15.0. The number of hydrogen-bond donors (Lipinski definition) is 4. The number of carbonyl (C=O) groups is 3. The third kappa shape index (κ3) is 21.5. The molecule has 0 saturated heterocycles. The molecule has 0 spiro atoms. The maximum Gasteiger partial charge on any atom is 0.404 e. The zero-order chi connectivity index (χ0) is 37.0. The fourth-order valence-electron chi connectivity index (χ4n) is 4.88. The summed E-state index contributed by atoms with van der Waals surface area (Å²) in [6.45, 7) is 13.3. The quantitative estimate of drug-likeness (QED) is 0.0689. The topological polar surface area (TPSA) is 192 Å². The Labute approximate surface area is 290 Å². The van der Waals surface area contributed by atoms with Gasteiger partial charge in [0, 0.05) is 30.7 Å². The van der Waals surface area contributed by atoms with E-state index in [0.717, 1.165) is 22.3 Å². The Balaban J connectivity index is 3.20. The molecule has 1 aliphatic rings. The van der Waals surface area contributed by atoms with Crippen molar-refractivity contribution in [1.82, 2.24) is 5.32 Å². The first kappa shape index (κ1) is 43.0. The molecule has 272 valence electrons. The first-order chi connectivity index (χ1) is 22.9. The van der Waals surface area contributed by atoms with Crippen molar-refractivity contribution in [3.8, 4) is 0 Å². The van der Waals surface area contributed by atoms with Crippen LogP contribution in [-0.2, 0) is 33.6 Å². The highest BCUT2D eigenvalue weighted by Crippen LogP contribution is 2.21. The zero-order valence-electron chi connectivity index (χ0n) is 29.0. The molecule has 0 bridgehead atoms. The molecule has 0 saturated carbocycles. The molecule has 5 unspecified atom stereocenters. The van der Waals surface area contributed by atoms with Crippen molar-refractivity contribution in [3.05, 3.63) is 95.8 Å². The normalized spacial score (nSPS) is 26.3. The summed E-state index contributed by atoms with van der Waals surface area (Å²) in [6, 6.07) is 0. The van der Waals surface area contributed by atoms with Crippen LogP contribution >= 0.6 is 0 Å². The second-order valence-corrected chi connectivity index (χ2v) is 13.2. The number of esters is 1. The molecule has 49 heavy (non-hydrogen) atoms. The maximum absolute atomic E-state index is 12.8. The molecule has 2 amide bonds. The van der Waals surface area contributed by atoms with Gasteiger partial charge in [-0.05, 0) is 72.3 Å². The van der Waals surface area contributed by atoms with Crippen LogP contribution in [-0.4, -0.2) is 60.5 Å². The first-order valence-corrected chi connectivity index (χ1v) is 17.5. The lowest BCUT2D eigenvalue weighted by Crippen LogP contribution is -2.32. The summed E-state index contributed by atoms with van der Waals surface area (Å²) in [4.78, 5) is 36.4. The Morgan fingerprint density at radius 1 is 1.18 bits per heavy atom. The zero-order valence-corrected chi connectivity index (χ0v) is 29.9. The van der Waals surface area contributed by atoms with Crippen LogP contribution in [0, 0.1) is 5.92 Å². The van der Waals surface area contributed by atoms with E-state index in [4.69, 9.17) is 19.4 Å². The Bertz CT molecular complexity index is 1450. The predicted octanol–water partition coefficient (Wildman–Crippen LogP) is 6.00. The van der Waals surface area contributed by atoms with Crippen molar-refractivity contribution in [1.29, 1.82) is 0 Å². The highest BCUT2D eigenvalue weighted by molar-refractivity contribution is 7.80. The van der Waals surface area contributed by atoms with Gasteiger partial charge in [0.1, 0.15) is 18.3 Å². The lowest BCUT2D eigenvalue weighted by atomic mass is 9.95. The number of aliphatic hydroxyl groups is 1. The van der Waals surface area contributed by atoms with E-state index in [1.807, 2.05) is 46.8 Å². The molecule has 1 heterocycles. The molecule has 0 aliphatic carbocycles. The number of primary amides is 1. The lowest BCUT2D eigenvalue weighted by molar-refractivity contribution is -0.144. The standard InChI is InChI=1S/C36H52N2O10S/c1-25(2)21-28(5)24-34(40)38-20-19-27(4)22-29(6)33-23-26(3)13-9-7-10-14-30(48-49(43,44)45)17-18-31(39)32(47-36(37)42)15-11-8-12-16-35(41)46-33/h7,9,12-13,16-20,22,24,29-33,39H,1,8,10-11,14-15,21,23H2,2-6H3,(H2,37,42)(H,38,40)(H,43,44,45)/b9-7+,16-12+,18-17+,20-19+,26-13+,27-22+,28-24-. The molecule has 1 rings (SSSR count). The minimum absolute atomic E-state index is 0.137. The SMILES string of the molecule is C=C(C)C/C(C)=C\C(=O)N/C=C/C(C)=C/C(C)C1C/C(C)=C/C=C/CCC(OS(=O)(=O)O)/C=C/C(O)C(OC(N)=O)CCC/C=C/C(=O)O1. The minimum atomic E-state index is -4.79. The van der Waals surface area contributed by atoms with Crippen LogP contribution in [0.25, 0.3) is 0 Å². The van der Waals surface area contributed by atoms with Gasteiger partial charge < -0.3 is 25.6 Å². The largest absolute Gasteiger partial charge is 0.458 e. The third-order valence-corrected chi connectivity index (χ3v) is 7.59. The van der Waals surface area contributed by atoms with Gasteiger partial charge in [0.15, 0.2) is 0 Å². The fourth-order valence-corrected chi connectivity index (χ4v) is 5.36. The van der Waals surface area contributed by atoms with E-state index in [-0.39, 0.29) is 24.7 Å². The van der Waals surface area contributed by atoms with Gasteiger partial charge in [0.2, 0.25) is 5.91 Å². The average Bonchev–Trinajstić information content (AvgIpc) is 2.96. The van der Waals surface area contributed by atoms with E-state index in [2.05, 4.69) is 11.9 Å². The first-order valence-electron chi connectivity index (χ1n) is 16.1. The molecule has 5 atom stereocenters. The van der Waals surface area contributed by atoms with E-state index in [0.29, 0.717) is 32.1 Å². The molecule has 1 aliphatic heterocycles. The number of rotatable bonds is 10. The molecule has 12 nitrogen and oxygen atoms in total. The van der Waals surface area contributed by atoms with E-state index < -0.39 is 46.9 Å². The highest BCUT2D eigenvalue weighted by Gasteiger charge is 2.22. The number of aliphatic hydroxyl groups excluding tert-OH is 1. The highest BCUT2D eigenvalue weighted by atomic mass is 32.3. The predicted molar refractivity (Wildman–Crippen MR) is 189 cm³/mol. The van der Waals surface area contributed by atoms with Crippen molar-refractivity contribution < 1.29 is 46.1 Å². The van der Waals surface area contributed by atoms with Crippen molar-refractivity contribution in [2.75, 3.05) is 0 Å². The Morgan fingerprint density at radius 3 is 2.55 bits per heavy atom. The summed E-state index contributed by atoms with van der Waals surface area (Å²) in [5, 5.41) is 13.3. The monoisotopic (exact) mass is 704 g/mol. The Hall–Kier alpha value is -4.04. The van der Waals surface area contributed by atoms with Crippen LogP contribution in [0.5, 0.6) is 0 Å². The van der Waals surface area contributed by atoms with E-state index in [1.54, 1.807) is 30.5 Å². The number of allylic oxidation sites excluding steroid dienone is 8. The minimum Gasteiger partial charge on any atom is -0.458 e. The molecule has 0 aromatic rings. The molecule has 0 radical (unpaired) electrons. The van der Waals surface area contributed by atoms with Crippen LogP contribution in [0.4, 0.5) is 4.79 Å². The van der Waals surface area contributed by atoms with Gasteiger partial charge in [0.05, 0.1) is 6.10 Å². The number of cyclic esters (lactones) is 1. The van der Waals surface area contributed by atoms with Gasteiger partial charge in [0.25, 0.3) is 0 Å². The van der Waals surface area contributed by atoms with Gasteiger partial charge in [-0.25, -0.2) is 13.8 Å². The fraction of sp³-hybridized carbons (Fsp3) is 0.472. The Morgan fingerprint density at radius 2 is 1.90 bits per heavy atom. The van der Waals surface area contributed by atoms with Crippen LogP contribution in [0.2, 0.25) is 0 Å². The number of amides is 2. The van der Waals surface area contributed by atoms with Gasteiger partial charge >= 0.3 is 22.5 Å². The lowest BCUT2D eigenvalue weighted by Gasteiger charge is -2.22. The number of nitrogens with one attached hydrogen (secondary N) is 1. The van der Waals surface area contributed by atoms with Gasteiger partial charge in [-0.2, -0.15) is 8.42 Å². The number of carbonyl (C=O) groups excluding carboxylic acids is 3. The summed E-state index contributed by atoms with van der Waals surface area (Å²) >= 11 is 0. The maximum atomic E-state index is 12.8. The van der Waals surface area contributed by atoms with Gasteiger partial charge in [-0.1, -0.05) is 78.3 Å². The summed E-state index contributed by atoms with van der Waals surface area (Å²) in [7, 11) is -4.79. The van der Waals surface area contributed by atoms with Crippen molar-refractivity contribution in [2.24, 2.45) is 11.7 Å². The van der Waals surface area contributed by atoms with Crippen LogP contribution in [0.3, 0.4) is 0 Å². The average molecular weight is 705 g/mol. The third-order valence-electron chi connectivity index (χ3n) is 7.10. The molecule has 5 N–H and O–H groups in total. The van der Waals surface area contributed by atoms with E-state index in [1.165, 1.54) is 24.3 Å². The van der Waals surface area contributed by atoms with Crippen molar-refractivity contribution in [3.63, 3.8) is 0 Å². The molecular formula is C36H52N2O10S. The molecule has 0 aromatic carbocycles. The van der Waals surface area contributed by atoms with E-state index in [9.17, 15) is 32.5 Å². The van der Waals surface area contributed by atoms with Gasteiger partial charge in [-0.3, -0.25) is 9.35 Å². The molecule has 0 aromatic heterocycles. The Kier molecular flexibility index (Phi) is 19.8. The van der Waals surface area contributed by atoms with Crippen molar-refractivity contribution >= 4 is 28.4 Å². The number of nitrogens with two attached hydrogens (primary N) is 1.